The van der Waals surface area contributed by atoms with Crippen LogP contribution >= 0.6 is 28.4 Å². The summed E-state index contributed by atoms with van der Waals surface area (Å²) in [5.41, 5.74) is 4.50. The first-order valence-electron chi connectivity index (χ1n) is 3.18. The molecule has 7 N–H and O–H groups in total. The summed E-state index contributed by atoms with van der Waals surface area (Å²) >= 11 is 0. The highest BCUT2D eigenvalue weighted by Gasteiger charge is 2.21. The Hall–Kier alpha value is 0.260. The van der Waals surface area contributed by atoms with Crippen LogP contribution in [0.1, 0.15) is 2.85 Å². The van der Waals surface area contributed by atoms with E-state index in [1.54, 1.807) is 0 Å². The second kappa shape index (κ2) is 21.5. The van der Waals surface area contributed by atoms with Gasteiger partial charge in [0, 0.05) is 2.85 Å². The maximum absolute atomic E-state index is 10.3. The molecule has 0 aliphatic carbocycles. The topological polar surface area (TPSA) is 197 Å². The minimum Gasteiger partial charge on any atom is -0.567 e. The van der Waals surface area contributed by atoms with Crippen molar-refractivity contribution in [1.29, 1.82) is 0 Å². The summed E-state index contributed by atoms with van der Waals surface area (Å²) in [6.07, 6.45) is 0. The molecule has 114 valence electrons. The lowest BCUT2D eigenvalue weighted by Gasteiger charge is -2.12. The van der Waals surface area contributed by atoms with Crippen molar-refractivity contribution in [3.63, 3.8) is 0 Å². The van der Waals surface area contributed by atoms with Gasteiger partial charge in [-0.1, -0.05) is 0 Å². The van der Waals surface area contributed by atoms with Crippen molar-refractivity contribution in [2.45, 2.75) is 0 Å². The third kappa shape index (κ3) is 38.6. The van der Waals surface area contributed by atoms with E-state index in [1.807, 2.05) is 0 Å². The summed E-state index contributed by atoms with van der Waals surface area (Å²) in [5.74, 6) is 0. The van der Waals surface area contributed by atoms with Crippen molar-refractivity contribution >= 4 is 28.4 Å². The van der Waals surface area contributed by atoms with Gasteiger partial charge in [-0.05, 0) is 25.7 Å². The fraction of sp³-hybridized carbons (Fsp3) is 1.00. The minimum atomic E-state index is -3.86. The lowest BCUT2D eigenvalue weighted by Crippen LogP contribution is -2.08. The highest BCUT2D eigenvalue weighted by molar-refractivity contribution is 7.49. The van der Waals surface area contributed by atoms with E-state index >= 15 is 0 Å². The Morgan fingerprint density at radius 3 is 1.65 bits per heavy atom. The van der Waals surface area contributed by atoms with Crippen LogP contribution in [0.25, 0.3) is 0 Å². The van der Waals surface area contributed by atoms with Crippen molar-refractivity contribution in [2.75, 3.05) is 21.1 Å². The molecule has 0 rings (SSSR count). The zero-order valence-electron chi connectivity index (χ0n) is 9.20. The SMILES string of the molecule is CN.CN(C)P(=O)(O)OO.Cl.O=[P+]([O-])O.OO.[2HH].[HH]. The third-order valence-corrected chi connectivity index (χ3v) is 1.84. The fourth-order valence-electron chi connectivity index (χ4n) is 0.0730. The average Bonchev–Trinajstić information content (AvgIpc) is 2.23. The molecule has 0 aliphatic rings. The molecule has 0 bridgehead atoms. The van der Waals surface area contributed by atoms with Crippen LogP contribution in [-0.2, 0) is 13.8 Å². The number of nitrogens with zero attached hydrogens (tertiary/aromatic N) is 1. The van der Waals surface area contributed by atoms with E-state index in [9.17, 15) is 4.57 Å². The number of nitrogens with two attached hydrogens (primary N) is 1. The van der Waals surface area contributed by atoms with Gasteiger partial charge in [0.1, 0.15) is 0 Å². The Labute approximate surface area is 108 Å². The minimum absolute atomic E-state index is 0. The van der Waals surface area contributed by atoms with Crippen LogP contribution in [0, 0.1) is 0 Å². The lowest BCUT2D eigenvalue weighted by atomic mass is 11.3. The van der Waals surface area contributed by atoms with Gasteiger partial charge in [-0.15, -0.1) is 17.1 Å². The van der Waals surface area contributed by atoms with Crippen molar-refractivity contribution in [3.8, 4) is 0 Å². The van der Waals surface area contributed by atoms with E-state index in [2.05, 4.69) is 10.4 Å². The van der Waals surface area contributed by atoms with Gasteiger partial charge in [0.15, 0.2) is 0 Å². The predicted molar refractivity (Wildman–Crippen MR) is 63.9 cm³/mol. The molecule has 0 radical (unpaired) electrons. The third-order valence-electron chi connectivity index (χ3n) is 0.612. The van der Waals surface area contributed by atoms with Crippen molar-refractivity contribution in [3.05, 3.63) is 0 Å². The fourth-order valence-corrected chi connectivity index (χ4v) is 0.219. The maximum atomic E-state index is 10.3. The zero-order valence-corrected chi connectivity index (χ0v) is 11.8. The molecule has 0 saturated heterocycles. The zero-order chi connectivity index (χ0) is 14.4. The molecule has 2 unspecified atom stereocenters. The summed E-state index contributed by atoms with van der Waals surface area (Å²) in [4.78, 5) is 24.0. The second-order valence-electron chi connectivity index (χ2n) is 1.66. The van der Waals surface area contributed by atoms with E-state index in [4.69, 9.17) is 35.0 Å². The first-order valence-corrected chi connectivity index (χ1v) is 5.85. The van der Waals surface area contributed by atoms with Crippen LogP contribution in [0.5, 0.6) is 0 Å². The van der Waals surface area contributed by atoms with Gasteiger partial charge in [-0.25, -0.2) is 14.5 Å². The van der Waals surface area contributed by atoms with Crippen LogP contribution in [0.15, 0.2) is 0 Å². The Bertz CT molecular complexity index is 198. The van der Waals surface area contributed by atoms with Gasteiger partial charge in [0.05, 0.1) is 0 Å². The monoisotopic (exact) mass is 327 g/mol. The van der Waals surface area contributed by atoms with Crippen molar-refractivity contribution in [2.24, 2.45) is 5.73 Å². The van der Waals surface area contributed by atoms with Crippen LogP contribution in [0.2, 0.25) is 0 Å². The molecule has 17 heavy (non-hydrogen) atoms. The first-order chi connectivity index (χ1) is 7.24. The molecule has 0 aromatic carbocycles. The van der Waals surface area contributed by atoms with Gasteiger partial charge in [-0.2, -0.15) is 4.89 Å². The Morgan fingerprint density at radius 1 is 1.47 bits per heavy atom. The molecule has 0 aromatic rings. The molecule has 14 heteroatoms. The second-order valence-corrected chi connectivity index (χ2v) is 4.08. The molecule has 0 heterocycles. The number of hydrogen-bond acceptors (Lipinski definition) is 8. The predicted octanol–water partition coefficient (Wildman–Crippen LogP) is -0.359. The summed E-state index contributed by atoms with van der Waals surface area (Å²) < 4.78 is 23.0. The van der Waals surface area contributed by atoms with Crippen LogP contribution in [0.4, 0.5) is 0 Å². The van der Waals surface area contributed by atoms with E-state index < -0.39 is 16.0 Å². The molecule has 0 saturated carbocycles. The number of hydrogen-bond donors (Lipinski definition) is 6. The smallest absolute Gasteiger partial charge is 0.485 e. The molecule has 0 aromatic heterocycles. The average molecular weight is 328 g/mol. The van der Waals surface area contributed by atoms with E-state index in [0.29, 0.717) is 0 Å². The van der Waals surface area contributed by atoms with E-state index in [0.717, 1.165) is 4.67 Å². The van der Waals surface area contributed by atoms with Crippen LogP contribution < -0.4 is 10.6 Å². The number of rotatable bonds is 2. The Balaban J connectivity index is -0.0000000229. The van der Waals surface area contributed by atoms with Gasteiger partial charge >= 0.3 is 16.0 Å². The highest BCUT2D eigenvalue weighted by Crippen LogP contribution is 2.41. The molecule has 0 amide bonds. The largest absolute Gasteiger partial charge is 0.567 e. The quantitative estimate of drug-likeness (QED) is 0.220. The van der Waals surface area contributed by atoms with Gasteiger partial charge < -0.3 is 15.5 Å². The molecule has 2 atom stereocenters. The molecular weight excluding hydrogens is 305 g/mol. The van der Waals surface area contributed by atoms with Gasteiger partial charge in [0.25, 0.3) is 0 Å². The van der Waals surface area contributed by atoms with E-state index in [1.165, 1.54) is 21.1 Å². The van der Waals surface area contributed by atoms with Gasteiger partial charge in [-0.3, -0.25) is 10.5 Å². The summed E-state index contributed by atoms with van der Waals surface area (Å²) in [7, 11) is -2.84. The number of halogens is 1. The normalized spacial score (nSPS) is 12.1. The molecule has 0 fully saturated rings. The molecule has 0 aliphatic heterocycles. The van der Waals surface area contributed by atoms with Crippen molar-refractivity contribution in [1.82, 2.24) is 4.67 Å². The van der Waals surface area contributed by atoms with Gasteiger partial charge in [0.2, 0.25) is 0 Å². The molecule has 0 spiro atoms. The first kappa shape index (κ1) is 30.4. The molecular formula is C3H21ClN2O9P2. The summed E-state index contributed by atoms with van der Waals surface area (Å²) in [6.45, 7) is 0. The summed E-state index contributed by atoms with van der Waals surface area (Å²) in [5, 5.41) is 19.7. The molecule has 11 nitrogen and oxygen atoms in total. The Morgan fingerprint density at radius 2 is 1.65 bits per heavy atom. The Kier molecular flexibility index (Phi) is 38.5. The standard InChI is InChI=1S/C2H8NO4P.CH5N.ClH.HO3P.H2O2.2H2/c1-3(2)8(5,6)7-4;1-2;;1-4(2)3;1-2;;/h4H,1-2H3,(H,5,6);2H2,1H3;1H;(H,1,2,3);1-2H;2*1H/i;;;;;1+1;. The summed E-state index contributed by atoms with van der Waals surface area (Å²) in [6, 6.07) is 0. The highest BCUT2D eigenvalue weighted by atomic mass is 35.5. The van der Waals surface area contributed by atoms with Crippen LogP contribution in [0.3, 0.4) is 0 Å². The van der Waals surface area contributed by atoms with Crippen molar-refractivity contribution < 1.29 is 47.1 Å². The lowest BCUT2D eigenvalue weighted by molar-refractivity contribution is -0.180. The van der Waals surface area contributed by atoms with Crippen LogP contribution in [-0.4, -0.2) is 51.4 Å². The van der Waals surface area contributed by atoms with E-state index in [-0.39, 0.29) is 15.3 Å². The maximum Gasteiger partial charge on any atom is 0.485 e.